The summed E-state index contributed by atoms with van der Waals surface area (Å²) in [5.74, 6) is -0.345. The maximum absolute atomic E-state index is 12.7. The summed E-state index contributed by atoms with van der Waals surface area (Å²) in [6.45, 7) is 0.515. The molecule has 0 unspecified atom stereocenters. The van der Waals surface area contributed by atoms with Gasteiger partial charge in [-0.1, -0.05) is 48.5 Å². The second-order valence-corrected chi connectivity index (χ2v) is 6.02. The van der Waals surface area contributed by atoms with Crippen LogP contribution in [0.5, 0.6) is 0 Å². The van der Waals surface area contributed by atoms with Crippen molar-refractivity contribution in [1.82, 2.24) is 4.90 Å². The van der Waals surface area contributed by atoms with Crippen molar-refractivity contribution in [1.29, 1.82) is 0 Å². The summed E-state index contributed by atoms with van der Waals surface area (Å²) in [5.41, 5.74) is 1.93. The molecule has 6 heteroatoms. The maximum atomic E-state index is 12.7. The summed E-state index contributed by atoms with van der Waals surface area (Å²) < 4.78 is 4.87. The van der Waals surface area contributed by atoms with E-state index in [0.717, 1.165) is 16.2 Å². The van der Waals surface area contributed by atoms with Crippen LogP contribution in [0.3, 0.4) is 0 Å². The van der Waals surface area contributed by atoms with Gasteiger partial charge in [0, 0.05) is 6.42 Å². The first-order chi connectivity index (χ1) is 12.2. The van der Waals surface area contributed by atoms with Crippen molar-refractivity contribution in [2.24, 2.45) is 0 Å². The summed E-state index contributed by atoms with van der Waals surface area (Å²) in [5, 5.41) is 1.76. The lowest BCUT2D eigenvalue weighted by molar-refractivity contribution is -0.137. The number of hydroxylamine groups is 1. The molecular formula is C19H18N2O4. The zero-order chi connectivity index (χ0) is 17.2. The molecule has 25 heavy (non-hydrogen) atoms. The molecule has 2 saturated heterocycles. The molecule has 2 heterocycles. The number of anilines is 1. The van der Waals surface area contributed by atoms with Crippen LogP contribution < -0.4 is 5.06 Å². The number of carbonyl (C=O) groups is 2. The molecule has 128 valence electrons. The van der Waals surface area contributed by atoms with Crippen LogP contribution in [0.2, 0.25) is 0 Å². The first-order valence-corrected chi connectivity index (χ1v) is 8.28. The Morgan fingerprint density at radius 1 is 1.00 bits per heavy atom. The van der Waals surface area contributed by atoms with Crippen molar-refractivity contribution in [2.75, 3.05) is 18.2 Å². The van der Waals surface area contributed by atoms with Gasteiger partial charge in [0.05, 0.1) is 18.3 Å². The van der Waals surface area contributed by atoms with Crippen molar-refractivity contribution in [3.63, 3.8) is 0 Å². The van der Waals surface area contributed by atoms with Crippen molar-refractivity contribution < 1.29 is 19.2 Å². The molecule has 2 aliphatic heterocycles. The van der Waals surface area contributed by atoms with Crippen LogP contribution in [0.4, 0.5) is 10.5 Å². The van der Waals surface area contributed by atoms with Gasteiger partial charge in [-0.2, -0.15) is 0 Å². The first kappa shape index (κ1) is 15.7. The number of ether oxygens (including phenoxy) is 1. The van der Waals surface area contributed by atoms with Gasteiger partial charge in [0.15, 0.2) is 6.10 Å². The fraction of sp³-hybridized carbons (Fsp3) is 0.263. The fourth-order valence-electron chi connectivity index (χ4n) is 3.23. The quantitative estimate of drug-likeness (QED) is 0.861. The molecule has 2 aromatic carbocycles. The molecule has 0 saturated carbocycles. The number of imide groups is 1. The van der Waals surface area contributed by atoms with Gasteiger partial charge in [0.2, 0.25) is 0 Å². The lowest BCUT2D eigenvalue weighted by atomic mass is 10.0. The summed E-state index contributed by atoms with van der Waals surface area (Å²) in [4.78, 5) is 31.5. The number of nitrogens with zero attached hydrogens (tertiary/aromatic N) is 2. The van der Waals surface area contributed by atoms with Gasteiger partial charge in [0.1, 0.15) is 6.61 Å². The average Bonchev–Trinajstić information content (AvgIpc) is 3.29. The number of carbonyl (C=O) groups excluding carboxylic acids is 2. The van der Waals surface area contributed by atoms with Crippen LogP contribution in [0.1, 0.15) is 18.0 Å². The van der Waals surface area contributed by atoms with E-state index in [1.165, 1.54) is 0 Å². The fourth-order valence-corrected chi connectivity index (χ4v) is 3.23. The maximum Gasteiger partial charge on any atom is 0.416 e. The molecule has 6 nitrogen and oxygen atoms in total. The Balaban J connectivity index is 1.62. The number of benzene rings is 2. The number of para-hydroxylation sites is 1. The van der Waals surface area contributed by atoms with Gasteiger partial charge in [-0.25, -0.2) is 14.8 Å². The molecule has 2 atom stereocenters. The third kappa shape index (κ3) is 2.96. The van der Waals surface area contributed by atoms with Gasteiger partial charge < -0.3 is 4.74 Å². The predicted octanol–water partition coefficient (Wildman–Crippen LogP) is 2.92. The Labute approximate surface area is 145 Å². The van der Waals surface area contributed by atoms with E-state index in [9.17, 15) is 9.59 Å². The number of hydrogen-bond acceptors (Lipinski definition) is 5. The summed E-state index contributed by atoms with van der Waals surface area (Å²) >= 11 is 0. The van der Waals surface area contributed by atoms with E-state index >= 15 is 0 Å². The van der Waals surface area contributed by atoms with E-state index in [1.54, 1.807) is 5.06 Å². The highest BCUT2D eigenvalue weighted by molar-refractivity contribution is 5.95. The highest BCUT2D eigenvalue weighted by Gasteiger charge is 2.43. The normalized spacial score (nSPS) is 23.0. The van der Waals surface area contributed by atoms with Crippen molar-refractivity contribution in [3.05, 3.63) is 66.2 Å². The Kier molecular flexibility index (Phi) is 4.11. The summed E-state index contributed by atoms with van der Waals surface area (Å²) in [6, 6.07) is 19.5. The molecule has 0 spiro atoms. The number of amides is 2. The van der Waals surface area contributed by atoms with Crippen LogP contribution in [0, 0.1) is 0 Å². The number of hydrogen-bond donors (Lipinski definition) is 0. The third-order valence-corrected chi connectivity index (χ3v) is 4.46. The zero-order valence-electron chi connectivity index (χ0n) is 13.6. The summed E-state index contributed by atoms with van der Waals surface area (Å²) in [6.07, 6.45) is -0.833. The van der Waals surface area contributed by atoms with E-state index in [1.807, 2.05) is 60.7 Å². The smallest absolute Gasteiger partial charge is 0.416 e. The minimum absolute atomic E-state index is 0.101. The SMILES string of the molecule is O=C1OCCN1C(=O)[C@H]1C[C@@H](c2ccccc2)N(c2ccccc2)O1. The van der Waals surface area contributed by atoms with Gasteiger partial charge in [-0.15, -0.1) is 0 Å². The lowest BCUT2D eigenvalue weighted by Gasteiger charge is -2.25. The van der Waals surface area contributed by atoms with Gasteiger partial charge in [-0.3, -0.25) is 9.63 Å². The molecule has 0 radical (unpaired) electrons. The Morgan fingerprint density at radius 2 is 1.68 bits per heavy atom. The highest BCUT2D eigenvalue weighted by atomic mass is 16.7. The van der Waals surface area contributed by atoms with Crippen LogP contribution >= 0.6 is 0 Å². The molecule has 2 fully saturated rings. The second kappa shape index (κ2) is 6.57. The number of rotatable bonds is 3. The topological polar surface area (TPSA) is 59.1 Å². The van der Waals surface area contributed by atoms with Crippen molar-refractivity contribution in [3.8, 4) is 0 Å². The first-order valence-electron chi connectivity index (χ1n) is 8.28. The van der Waals surface area contributed by atoms with Gasteiger partial charge in [-0.05, 0) is 17.7 Å². The average molecular weight is 338 g/mol. The Bertz CT molecular complexity index is 718. The second-order valence-electron chi connectivity index (χ2n) is 6.02. The molecule has 2 aromatic rings. The van der Waals surface area contributed by atoms with E-state index in [-0.39, 0.29) is 25.1 Å². The predicted molar refractivity (Wildman–Crippen MR) is 90.7 cm³/mol. The van der Waals surface area contributed by atoms with E-state index in [0.29, 0.717) is 6.42 Å². The monoisotopic (exact) mass is 338 g/mol. The Morgan fingerprint density at radius 3 is 2.32 bits per heavy atom. The molecule has 0 aromatic heterocycles. The third-order valence-electron chi connectivity index (χ3n) is 4.46. The largest absolute Gasteiger partial charge is 0.447 e. The lowest BCUT2D eigenvalue weighted by Crippen LogP contribution is -2.40. The molecular weight excluding hydrogens is 320 g/mol. The molecule has 2 amide bonds. The van der Waals surface area contributed by atoms with Crippen LogP contribution in [0.15, 0.2) is 60.7 Å². The zero-order valence-corrected chi connectivity index (χ0v) is 13.6. The highest BCUT2D eigenvalue weighted by Crippen LogP contribution is 2.38. The van der Waals surface area contributed by atoms with E-state index in [2.05, 4.69) is 0 Å². The Hall–Kier alpha value is -2.86. The molecule has 4 rings (SSSR count). The molecule has 0 aliphatic carbocycles. The standard InChI is InChI=1S/C19H18N2O4/c22-18(20-11-12-24-19(20)23)17-13-16(14-7-3-1-4-8-14)21(25-17)15-9-5-2-6-10-15/h1-10,16-17H,11-13H2/t16-,17+/m0/s1. The van der Waals surface area contributed by atoms with Crippen LogP contribution in [0.25, 0.3) is 0 Å². The van der Waals surface area contributed by atoms with Crippen molar-refractivity contribution >= 4 is 17.7 Å². The van der Waals surface area contributed by atoms with E-state index in [4.69, 9.17) is 9.57 Å². The van der Waals surface area contributed by atoms with Crippen LogP contribution in [-0.4, -0.2) is 36.2 Å². The molecule has 0 N–H and O–H groups in total. The minimum atomic E-state index is -0.712. The van der Waals surface area contributed by atoms with E-state index < -0.39 is 12.2 Å². The summed E-state index contributed by atoms with van der Waals surface area (Å²) in [7, 11) is 0. The molecule has 0 bridgehead atoms. The van der Waals surface area contributed by atoms with Crippen molar-refractivity contribution in [2.45, 2.75) is 18.6 Å². The van der Waals surface area contributed by atoms with Crippen LogP contribution in [-0.2, 0) is 14.4 Å². The number of cyclic esters (lactones) is 1. The van der Waals surface area contributed by atoms with Gasteiger partial charge >= 0.3 is 6.09 Å². The molecule has 2 aliphatic rings. The van der Waals surface area contributed by atoms with Gasteiger partial charge in [0.25, 0.3) is 5.91 Å². The minimum Gasteiger partial charge on any atom is -0.447 e.